The number of ether oxygens (including phenoxy) is 2. The molecule has 0 aromatic heterocycles. The van der Waals surface area contributed by atoms with E-state index in [0.29, 0.717) is 5.75 Å². The van der Waals surface area contributed by atoms with Crippen LogP contribution in [0.2, 0.25) is 0 Å². The predicted octanol–water partition coefficient (Wildman–Crippen LogP) is 3.69. The highest BCUT2D eigenvalue weighted by atomic mass is 16.5. The van der Waals surface area contributed by atoms with Gasteiger partial charge < -0.3 is 19.7 Å². The molecule has 0 spiro atoms. The Labute approximate surface area is 141 Å². The van der Waals surface area contributed by atoms with Crippen LogP contribution in [0.1, 0.15) is 41.3 Å². The summed E-state index contributed by atoms with van der Waals surface area (Å²) in [5.41, 5.74) is 1.13. The number of hydrogen-bond acceptors (Lipinski definition) is 5. The van der Waals surface area contributed by atoms with Crippen LogP contribution in [-0.2, 0) is 6.42 Å². The first-order valence-corrected chi connectivity index (χ1v) is 7.83. The van der Waals surface area contributed by atoms with Gasteiger partial charge in [-0.05, 0) is 24.5 Å². The molecule has 128 valence electrons. The maximum absolute atomic E-state index is 12.7. The average molecular weight is 330 g/mol. The van der Waals surface area contributed by atoms with Gasteiger partial charge in [-0.3, -0.25) is 4.79 Å². The predicted molar refractivity (Wildman–Crippen MR) is 91.4 cm³/mol. The monoisotopic (exact) mass is 330 g/mol. The molecule has 5 nitrogen and oxygen atoms in total. The summed E-state index contributed by atoms with van der Waals surface area (Å²) >= 11 is 0. The Morgan fingerprint density at radius 3 is 2.38 bits per heavy atom. The summed E-state index contributed by atoms with van der Waals surface area (Å²) in [5, 5.41) is 20.3. The van der Waals surface area contributed by atoms with E-state index in [1.165, 1.54) is 32.4 Å². The minimum atomic E-state index is -0.427. The molecule has 0 unspecified atom stereocenters. The Morgan fingerprint density at radius 1 is 1.04 bits per heavy atom. The van der Waals surface area contributed by atoms with E-state index in [-0.39, 0.29) is 28.4 Å². The standard InChI is InChI=1S/C19H22O5/c1-4-5-6-12-7-8-13(9-15(12)20)19(22)18-16(21)10-14(23-2)11-17(18)24-3/h7-11,20-21H,4-6H2,1-3H3. The number of benzene rings is 2. The Balaban J connectivity index is 2.40. The molecule has 0 radical (unpaired) electrons. The third-order valence-corrected chi connectivity index (χ3v) is 3.88. The number of ketones is 1. The summed E-state index contributed by atoms with van der Waals surface area (Å²) in [6, 6.07) is 7.70. The molecular formula is C19H22O5. The fourth-order valence-corrected chi connectivity index (χ4v) is 2.51. The van der Waals surface area contributed by atoms with Crippen LogP contribution in [-0.4, -0.2) is 30.2 Å². The second-order valence-corrected chi connectivity index (χ2v) is 5.50. The summed E-state index contributed by atoms with van der Waals surface area (Å²) < 4.78 is 10.3. The van der Waals surface area contributed by atoms with E-state index in [9.17, 15) is 15.0 Å². The van der Waals surface area contributed by atoms with Gasteiger partial charge in [0, 0.05) is 17.7 Å². The first-order valence-electron chi connectivity index (χ1n) is 7.83. The van der Waals surface area contributed by atoms with Gasteiger partial charge in [-0.1, -0.05) is 25.5 Å². The summed E-state index contributed by atoms with van der Waals surface area (Å²) in [6.45, 7) is 2.08. The second-order valence-electron chi connectivity index (χ2n) is 5.50. The lowest BCUT2D eigenvalue weighted by molar-refractivity contribution is 0.103. The maximum Gasteiger partial charge on any atom is 0.200 e. The van der Waals surface area contributed by atoms with Gasteiger partial charge in [0.2, 0.25) is 5.78 Å². The van der Waals surface area contributed by atoms with Crippen LogP contribution in [0.5, 0.6) is 23.0 Å². The minimum absolute atomic E-state index is 0.0407. The number of carbonyl (C=O) groups excluding carboxylic acids is 1. The molecule has 24 heavy (non-hydrogen) atoms. The number of methoxy groups -OCH3 is 2. The lowest BCUT2D eigenvalue weighted by atomic mass is 9.98. The third kappa shape index (κ3) is 3.62. The molecule has 2 rings (SSSR count). The molecule has 0 bridgehead atoms. The van der Waals surface area contributed by atoms with Crippen molar-refractivity contribution < 1.29 is 24.5 Å². The number of unbranched alkanes of at least 4 members (excludes halogenated alkanes) is 1. The highest BCUT2D eigenvalue weighted by Gasteiger charge is 2.21. The maximum atomic E-state index is 12.7. The zero-order valence-corrected chi connectivity index (χ0v) is 14.1. The molecule has 0 atom stereocenters. The Bertz CT molecular complexity index is 737. The normalized spacial score (nSPS) is 10.5. The molecular weight excluding hydrogens is 308 g/mol. The molecule has 0 saturated heterocycles. The van der Waals surface area contributed by atoms with Crippen molar-refractivity contribution in [2.75, 3.05) is 14.2 Å². The van der Waals surface area contributed by atoms with E-state index >= 15 is 0 Å². The average Bonchev–Trinajstić information content (AvgIpc) is 2.59. The zero-order chi connectivity index (χ0) is 17.7. The van der Waals surface area contributed by atoms with Crippen molar-refractivity contribution in [1.82, 2.24) is 0 Å². The number of hydrogen-bond donors (Lipinski definition) is 2. The van der Waals surface area contributed by atoms with E-state index in [0.717, 1.165) is 24.8 Å². The molecule has 0 aliphatic heterocycles. The molecule has 2 N–H and O–H groups in total. The molecule has 0 aliphatic carbocycles. The van der Waals surface area contributed by atoms with Crippen molar-refractivity contribution in [3.05, 3.63) is 47.0 Å². The summed E-state index contributed by atoms with van der Waals surface area (Å²) in [5.74, 6) is 0.0291. The van der Waals surface area contributed by atoms with Gasteiger partial charge in [0.05, 0.1) is 14.2 Å². The SMILES string of the molecule is CCCCc1ccc(C(=O)c2c(O)cc(OC)cc2OC)cc1O. The van der Waals surface area contributed by atoms with Crippen LogP contribution in [0.4, 0.5) is 0 Å². The molecule has 2 aromatic rings. The number of rotatable bonds is 7. The van der Waals surface area contributed by atoms with Crippen molar-refractivity contribution >= 4 is 5.78 Å². The molecule has 2 aromatic carbocycles. The lowest BCUT2D eigenvalue weighted by Gasteiger charge is -2.12. The smallest absolute Gasteiger partial charge is 0.200 e. The van der Waals surface area contributed by atoms with Gasteiger partial charge in [0.1, 0.15) is 28.6 Å². The number of aromatic hydroxyl groups is 2. The molecule has 0 saturated carbocycles. The number of carbonyl (C=O) groups is 1. The molecule has 0 aliphatic rings. The number of phenols is 2. The van der Waals surface area contributed by atoms with Gasteiger partial charge in [0.25, 0.3) is 0 Å². The highest BCUT2D eigenvalue weighted by molar-refractivity contribution is 6.12. The van der Waals surface area contributed by atoms with E-state index in [4.69, 9.17) is 9.47 Å². The fraction of sp³-hybridized carbons (Fsp3) is 0.316. The Hall–Kier alpha value is -2.69. The van der Waals surface area contributed by atoms with Gasteiger partial charge in [0.15, 0.2) is 0 Å². The summed E-state index contributed by atoms with van der Waals surface area (Å²) in [7, 11) is 2.87. The first-order chi connectivity index (χ1) is 11.5. The summed E-state index contributed by atoms with van der Waals surface area (Å²) in [6.07, 6.45) is 2.75. The molecule has 0 fully saturated rings. The second kappa shape index (κ2) is 7.73. The fourth-order valence-electron chi connectivity index (χ4n) is 2.51. The zero-order valence-electron chi connectivity index (χ0n) is 14.1. The van der Waals surface area contributed by atoms with Crippen molar-refractivity contribution in [2.45, 2.75) is 26.2 Å². The van der Waals surface area contributed by atoms with Crippen molar-refractivity contribution in [2.24, 2.45) is 0 Å². The number of aryl methyl sites for hydroxylation is 1. The van der Waals surface area contributed by atoms with Crippen molar-refractivity contribution in [3.8, 4) is 23.0 Å². The van der Waals surface area contributed by atoms with Crippen LogP contribution < -0.4 is 9.47 Å². The Kier molecular flexibility index (Phi) is 5.68. The van der Waals surface area contributed by atoms with Gasteiger partial charge >= 0.3 is 0 Å². The van der Waals surface area contributed by atoms with E-state index in [2.05, 4.69) is 6.92 Å². The van der Waals surface area contributed by atoms with Gasteiger partial charge in [-0.15, -0.1) is 0 Å². The van der Waals surface area contributed by atoms with Gasteiger partial charge in [-0.25, -0.2) is 0 Å². The van der Waals surface area contributed by atoms with Crippen LogP contribution in [0.25, 0.3) is 0 Å². The van der Waals surface area contributed by atoms with Crippen LogP contribution in [0, 0.1) is 0 Å². The van der Waals surface area contributed by atoms with E-state index < -0.39 is 5.78 Å². The van der Waals surface area contributed by atoms with Crippen LogP contribution in [0.15, 0.2) is 30.3 Å². The topological polar surface area (TPSA) is 76.0 Å². The van der Waals surface area contributed by atoms with Crippen molar-refractivity contribution in [3.63, 3.8) is 0 Å². The highest BCUT2D eigenvalue weighted by Crippen LogP contribution is 2.35. The van der Waals surface area contributed by atoms with Crippen LogP contribution in [0.3, 0.4) is 0 Å². The summed E-state index contributed by atoms with van der Waals surface area (Å²) in [4.78, 5) is 12.7. The Morgan fingerprint density at radius 2 is 1.79 bits per heavy atom. The van der Waals surface area contributed by atoms with Crippen molar-refractivity contribution in [1.29, 1.82) is 0 Å². The van der Waals surface area contributed by atoms with Gasteiger partial charge in [-0.2, -0.15) is 0 Å². The largest absolute Gasteiger partial charge is 0.508 e. The van der Waals surface area contributed by atoms with Crippen LogP contribution >= 0.6 is 0 Å². The quantitative estimate of drug-likeness (QED) is 0.757. The van der Waals surface area contributed by atoms with E-state index in [1.807, 2.05) is 0 Å². The molecule has 0 amide bonds. The third-order valence-electron chi connectivity index (χ3n) is 3.88. The molecule has 0 heterocycles. The number of phenolic OH excluding ortho intramolecular Hbond substituents is 2. The lowest BCUT2D eigenvalue weighted by Crippen LogP contribution is -2.05. The minimum Gasteiger partial charge on any atom is -0.508 e. The molecule has 5 heteroatoms. The van der Waals surface area contributed by atoms with E-state index in [1.54, 1.807) is 12.1 Å². The first kappa shape index (κ1) is 17.7.